The van der Waals surface area contributed by atoms with E-state index in [0.717, 1.165) is 32.5 Å². The van der Waals surface area contributed by atoms with E-state index in [-0.39, 0.29) is 18.7 Å². The Morgan fingerprint density at radius 1 is 1.25 bits per heavy atom. The second kappa shape index (κ2) is 7.84. The minimum Gasteiger partial charge on any atom is -0.394 e. The number of amides is 2. The van der Waals surface area contributed by atoms with E-state index in [1.54, 1.807) is 4.90 Å². The zero-order valence-corrected chi connectivity index (χ0v) is 12.7. The molecular weight excluding hydrogens is 254 g/mol. The molecule has 2 fully saturated rings. The third-order valence-corrected chi connectivity index (χ3v) is 4.47. The van der Waals surface area contributed by atoms with Gasteiger partial charge in [0.05, 0.1) is 12.6 Å². The Balaban J connectivity index is 1.67. The highest BCUT2D eigenvalue weighted by molar-refractivity contribution is 5.74. The Kier molecular flexibility index (Phi) is 6.10. The van der Waals surface area contributed by atoms with Crippen molar-refractivity contribution in [2.24, 2.45) is 5.92 Å². The van der Waals surface area contributed by atoms with E-state index in [4.69, 9.17) is 0 Å². The van der Waals surface area contributed by atoms with Gasteiger partial charge in [0.2, 0.25) is 0 Å². The number of rotatable bonds is 5. The van der Waals surface area contributed by atoms with Gasteiger partial charge in [-0.15, -0.1) is 0 Å². The number of carbonyl (C=O) groups is 1. The number of urea groups is 1. The number of piperidine rings is 1. The Morgan fingerprint density at radius 3 is 2.70 bits per heavy atom. The van der Waals surface area contributed by atoms with Crippen LogP contribution in [0, 0.1) is 5.92 Å². The lowest BCUT2D eigenvalue weighted by Crippen LogP contribution is -2.46. The number of carbonyl (C=O) groups excluding carboxylic acids is 1. The highest BCUT2D eigenvalue weighted by Gasteiger charge is 2.28. The number of nitrogens with zero attached hydrogens (tertiary/aromatic N) is 2. The van der Waals surface area contributed by atoms with Gasteiger partial charge in [-0.2, -0.15) is 0 Å². The molecule has 20 heavy (non-hydrogen) atoms. The molecule has 2 aliphatic rings. The molecule has 0 aromatic rings. The van der Waals surface area contributed by atoms with E-state index in [9.17, 15) is 9.90 Å². The lowest BCUT2D eigenvalue weighted by atomic mass is 10.1. The van der Waals surface area contributed by atoms with Crippen LogP contribution in [0.25, 0.3) is 0 Å². The van der Waals surface area contributed by atoms with Crippen molar-refractivity contribution in [1.82, 2.24) is 15.1 Å². The minimum absolute atomic E-state index is 0.00737. The average molecular weight is 283 g/mol. The number of hydrogen-bond acceptors (Lipinski definition) is 3. The smallest absolute Gasteiger partial charge is 0.317 e. The molecule has 5 nitrogen and oxygen atoms in total. The molecule has 1 unspecified atom stereocenters. The minimum atomic E-state index is -0.00737. The molecule has 0 bridgehead atoms. The van der Waals surface area contributed by atoms with Crippen LogP contribution in [0.4, 0.5) is 4.79 Å². The quantitative estimate of drug-likeness (QED) is 0.799. The molecule has 2 aliphatic heterocycles. The average Bonchev–Trinajstić information content (AvgIpc) is 2.94. The number of hydrogen-bond donors (Lipinski definition) is 2. The molecule has 0 spiro atoms. The Hall–Kier alpha value is -0.810. The first-order valence-corrected chi connectivity index (χ1v) is 8.08. The van der Waals surface area contributed by atoms with Gasteiger partial charge in [-0.05, 0) is 44.7 Å². The van der Waals surface area contributed by atoms with Crippen LogP contribution >= 0.6 is 0 Å². The fourth-order valence-electron chi connectivity index (χ4n) is 3.30. The van der Waals surface area contributed by atoms with Gasteiger partial charge in [0.15, 0.2) is 0 Å². The molecule has 116 valence electrons. The van der Waals surface area contributed by atoms with E-state index in [1.165, 1.54) is 32.4 Å². The highest BCUT2D eigenvalue weighted by atomic mass is 16.3. The van der Waals surface area contributed by atoms with E-state index < -0.39 is 0 Å². The molecule has 0 aliphatic carbocycles. The van der Waals surface area contributed by atoms with E-state index in [2.05, 4.69) is 17.1 Å². The van der Waals surface area contributed by atoms with Gasteiger partial charge in [-0.3, -0.25) is 0 Å². The van der Waals surface area contributed by atoms with Gasteiger partial charge in [0.25, 0.3) is 0 Å². The first-order valence-electron chi connectivity index (χ1n) is 8.08. The first kappa shape index (κ1) is 15.6. The van der Waals surface area contributed by atoms with E-state index in [1.807, 2.05) is 0 Å². The normalized spacial score (nSPS) is 25.7. The van der Waals surface area contributed by atoms with Gasteiger partial charge in [-0.1, -0.05) is 13.3 Å². The summed E-state index contributed by atoms with van der Waals surface area (Å²) in [5, 5.41) is 12.3. The predicted molar refractivity (Wildman–Crippen MR) is 79.7 cm³/mol. The molecule has 0 radical (unpaired) electrons. The number of nitrogens with one attached hydrogen (secondary N) is 1. The molecule has 0 saturated carbocycles. The van der Waals surface area contributed by atoms with Crippen molar-refractivity contribution in [3.05, 3.63) is 0 Å². The van der Waals surface area contributed by atoms with Crippen molar-refractivity contribution in [1.29, 1.82) is 0 Å². The summed E-state index contributed by atoms with van der Waals surface area (Å²) in [5.41, 5.74) is 0. The van der Waals surface area contributed by atoms with Gasteiger partial charge in [0, 0.05) is 19.6 Å². The summed E-state index contributed by atoms with van der Waals surface area (Å²) < 4.78 is 0. The molecule has 2 rings (SSSR count). The van der Waals surface area contributed by atoms with Crippen LogP contribution in [0.3, 0.4) is 0 Å². The lowest BCUT2D eigenvalue weighted by Gasteiger charge is -2.30. The second-order valence-corrected chi connectivity index (χ2v) is 6.32. The third kappa shape index (κ3) is 4.35. The first-order chi connectivity index (χ1) is 9.70. The summed E-state index contributed by atoms with van der Waals surface area (Å²) >= 11 is 0. The van der Waals surface area contributed by atoms with Crippen LogP contribution < -0.4 is 5.32 Å². The van der Waals surface area contributed by atoms with Gasteiger partial charge < -0.3 is 20.2 Å². The molecule has 2 saturated heterocycles. The zero-order valence-electron chi connectivity index (χ0n) is 12.7. The lowest BCUT2D eigenvalue weighted by molar-refractivity contribution is 0.154. The molecule has 2 N–H and O–H groups in total. The van der Waals surface area contributed by atoms with Crippen molar-refractivity contribution in [3.8, 4) is 0 Å². The summed E-state index contributed by atoms with van der Waals surface area (Å²) in [6.07, 6.45) is 5.91. The Bertz CT molecular complexity index is 305. The number of aliphatic hydroxyl groups excluding tert-OH is 1. The summed E-state index contributed by atoms with van der Waals surface area (Å²) in [7, 11) is 0. The fraction of sp³-hybridized carbons (Fsp3) is 0.933. The van der Waals surface area contributed by atoms with Crippen LogP contribution in [-0.2, 0) is 0 Å². The topological polar surface area (TPSA) is 55.8 Å². The van der Waals surface area contributed by atoms with Crippen molar-refractivity contribution in [3.63, 3.8) is 0 Å². The third-order valence-electron chi connectivity index (χ3n) is 4.47. The summed E-state index contributed by atoms with van der Waals surface area (Å²) in [5.74, 6) is 0.479. The maximum Gasteiger partial charge on any atom is 0.317 e. The maximum absolute atomic E-state index is 12.1. The molecule has 0 aromatic heterocycles. The Labute approximate surface area is 122 Å². The van der Waals surface area contributed by atoms with Crippen LogP contribution in [0.1, 0.15) is 39.0 Å². The molecule has 5 heteroatoms. The summed E-state index contributed by atoms with van der Waals surface area (Å²) in [6.45, 7) is 7.26. The van der Waals surface area contributed by atoms with Gasteiger partial charge in [0.1, 0.15) is 0 Å². The van der Waals surface area contributed by atoms with Gasteiger partial charge >= 0.3 is 6.03 Å². The van der Waals surface area contributed by atoms with Crippen molar-refractivity contribution >= 4 is 6.03 Å². The summed E-state index contributed by atoms with van der Waals surface area (Å²) in [6, 6.07) is 0.0134. The molecule has 2 heterocycles. The van der Waals surface area contributed by atoms with E-state index >= 15 is 0 Å². The van der Waals surface area contributed by atoms with Crippen molar-refractivity contribution < 1.29 is 9.90 Å². The summed E-state index contributed by atoms with van der Waals surface area (Å²) in [4.78, 5) is 16.4. The fourth-order valence-corrected chi connectivity index (χ4v) is 3.30. The monoisotopic (exact) mass is 283 g/mol. The van der Waals surface area contributed by atoms with Crippen LogP contribution in [0.5, 0.6) is 0 Å². The molecule has 2 atom stereocenters. The van der Waals surface area contributed by atoms with Crippen molar-refractivity contribution in [2.45, 2.75) is 45.1 Å². The highest BCUT2D eigenvalue weighted by Crippen LogP contribution is 2.16. The van der Waals surface area contributed by atoms with Crippen molar-refractivity contribution in [2.75, 3.05) is 39.3 Å². The predicted octanol–water partition coefficient (Wildman–Crippen LogP) is 1.27. The second-order valence-electron chi connectivity index (χ2n) is 6.32. The standard InChI is InChI=1S/C15H29N3O2/c1-13(11-17-7-3-2-4-8-17)10-16-15(20)18-9-5-6-14(18)12-19/h13-14,19H,2-12H2,1H3,(H,16,20)/t13?,14-/m0/s1. The van der Waals surface area contributed by atoms with Crippen LogP contribution in [-0.4, -0.2) is 66.3 Å². The Morgan fingerprint density at radius 2 is 2.00 bits per heavy atom. The van der Waals surface area contributed by atoms with Gasteiger partial charge in [-0.25, -0.2) is 4.79 Å². The molecular formula is C15H29N3O2. The maximum atomic E-state index is 12.1. The number of likely N-dealkylation sites (tertiary alicyclic amines) is 2. The molecule has 0 aromatic carbocycles. The van der Waals surface area contributed by atoms with Crippen LogP contribution in [0.15, 0.2) is 0 Å². The molecule has 2 amide bonds. The largest absolute Gasteiger partial charge is 0.394 e. The van der Waals surface area contributed by atoms with E-state index in [0.29, 0.717) is 5.92 Å². The SMILES string of the molecule is CC(CNC(=O)N1CCC[C@H]1CO)CN1CCCCC1. The zero-order chi connectivity index (χ0) is 14.4. The number of aliphatic hydroxyl groups is 1. The van der Waals surface area contributed by atoms with Crippen LogP contribution in [0.2, 0.25) is 0 Å².